The van der Waals surface area contributed by atoms with E-state index in [2.05, 4.69) is 0 Å². The van der Waals surface area contributed by atoms with Crippen molar-refractivity contribution in [1.29, 1.82) is 0 Å². The maximum absolute atomic E-state index is 12.8. The average molecular weight is 324 g/mol. The summed E-state index contributed by atoms with van der Waals surface area (Å²) in [4.78, 5) is 0.296. The second-order valence-electron chi connectivity index (χ2n) is 4.91. The first-order chi connectivity index (χ1) is 9.86. The molecule has 0 saturated carbocycles. The molecule has 0 heterocycles. The first-order valence-corrected chi connectivity index (χ1v) is 8.53. The van der Waals surface area contributed by atoms with Crippen LogP contribution in [0.2, 0.25) is 5.02 Å². The lowest BCUT2D eigenvalue weighted by Gasteiger charge is -2.24. The monoisotopic (exact) mass is 323 g/mol. The van der Waals surface area contributed by atoms with Crippen LogP contribution >= 0.6 is 11.6 Å². The standard InChI is InChI=1S/C16H18ClNO2S/c1-4-18(16-10-7-14(17)11-13(16)3)21(19,20)15-8-5-12(2)6-9-15/h5-11H,4H2,1-3H3. The lowest BCUT2D eigenvalue weighted by Crippen LogP contribution is -2.31. The predicted molar refractivity (Wildman–Crippen MR) is 87.6 cm³/mol. The minimum atomic E-state index is -3.57. The Labute approximate surface area is 131 Å². The summed E-state index contributed by atoms with van der Waals surface area (Å²) in [6.07, 6.45) is 0. The third-order valence-corrected chi connectivity index (χ3v) is 5.46. The number of halogens is 1. The summed E-state index contributed by atoms with van der Waals surface area (Å²) in [6.45, 7) is 5.96. The summed E-state index contributed by atoms with van der Waals surface area (Å²) in [5.74, 6) is 0. The van der Waals surface area contributed by atoms with Crippen LogP contribution in [0.15, 0.2) is 47.4 Å². The van der Waals surface area contributed by atoms with Crippen LogP contribution < -0.4 is 4.31 Å². The van der Waals surface area contributed by atoms with Crippen molar-refractivity contribution in [3.05, 3.63) is 58.6 Å². The number of rotatable bonds is 4. The number of sulfonamides is 1. The maximum Gasteiger partial charge on any atom is 0.264 e. The van der Waals surface area contributed by atoms with Gasteiger partial charge in [0.25, 0.3) is 10.0 Å². The maximum atomic E-state index is 12.8. The third-order valence-electron chi connectivity index (χ3n) is 3.32. The van der Waals surface area contributed by atoms with Gasteiger partial charge in [0.2, 0.25) is 0 Å². The summed E-state index contributed by atoms with van der Waals surface area (Å²) in [5.41, 5.74) is 2.52. The zero-order valence-electron chi connectivity index (χ0n) is 12.3. The van der Waals surface area contributed by atoms with E-state index in [1.807, 2.05) is 20.8 Å². The van der Waals surface area contributed by atoms with Gasteiger partial charge in [-0.15, -0.1) is 0 Å². The Balaban J connectivity index is 2.51. The molecule has 0 N–H and O–H groups in total. The zero-order valence-corrected chi connectivity index (χ0v) is 13.9. The number of nitrogens with zero attached hydrogens (tertiary/aromatic N) is 1. The van der Waals surface area contributed by atoms with E-state index in [-0.39, 0.29) is 0 Å². The van der Waals surface area contributed by atoms with Crippen LogP contribution in [0.4, 0.5) is 5.69 Å². The highest BCUT2D eigenvalue weighted by atomic mass is 35.5. The molecule has 0 bridgehead atoms. The molecule has 0 atom stereocenters. The molecule has 112 valence electrons. The number of hydrogen-bond acceptors (Lipinski definition) is 2. The van der Waals surface area contributed by atoms with E-state index in [1.165, 1.54) is 4.31 Å². The fourth-order valence-electron chi connectivity index (χ4n) is 2.21. The van der Waals surface area contributed by atoms with Gasteiger partial charge in [-0.05, 0) is 56.7 Å². The van der Waals surface area contributed by atoms with Crippen LogP contribution in [0.5, 0.6) is 0 Å². The normalized spacial score (nSPS) is 11.4. The van der Waals surface area contributed by atoms with Crippen LogP contribution in [0, 0.1) is 13.8 Å². The SMILES string of the molecule is CCN(c1ccc(Cl)cc1C)S(=O)(=O)c1ccc(C)cc1. The topological polar surface area (TPSA) is 37.4 Å². The molecule has 0 saturated heterocycles. The van der Waals surface area contributed by atoms with Gasteiger partial charge in [0.05, 0.1) is 10.6 Å². The van der Waals surface area contributed by atoms with Crippen molar-refractivity contribution >= 4 is 27.3 Å². The smallest absolute Gasteiger partial charge is 0.264 e. The summed E-state index contributed by atoms with van der Waals surface area (Å²) in [7, 11) is -3.57. The molecule has 0 aliphatic heterocycles. The lowest BCUT2D eigenvalue weighted by molar-refractivity contribution is 0.591. The van der Waals surface area contributed by atoms with Gasteiger partial charge in [-0.1, -0.05) is 29.3 Å². The molecule has 0 amide bonds. The summed E-state index contributed by atoms with van der Waals surface area (Å²) in [6, 6.07) is 12.1. The second-order valence-corrected chi connectivity index (χ2v) is 7.21. The van der Waals surface area contributed by atoms with E-state index in [0.29, 0.717) is 22.2 Å². The second kappa shape index (κ2) is 6.08. The van der Waals surface area contributed by atoms with Crippen molar-refractivity contribution in [2.75, 3.05) is 10.8 Å². The van der Waals surface area contributed by atoms with E-state index in [4.69, 9.17) is 11.6 Å². The van der Waals surface area contributed by atoms with Gasteiger partial charge in [0.1, 0.15) is 0 Å². The Morgan fingerprint density at radius 1 is 1.05 bits per heavy atom. The van der Waals surface area contributed by atoms with Crippen molar-refractivity contribution in [2.24, 2.45) is 0 Å². The van der Waals surface area contributed by atoms with E-state index < -0.39 is 10.0 Å². The van der Waals surface area contributed by atoms with E-state index in [1.54, 1.807) is 42.5 Å². The van der Waals surface area contributed by atoms with Crippen LogP contribution in [-0.2, 0) is 10.0 Å². The van der Waals surface area contributed by atoms with Gasteiger partial charge in [-0.3, -0.25) is 4.31 Å². The van der Waals surface area contributed by atoms with E-state index >= 15 is 0 Å². The minimum Gasteiger partial charge on any atom is -0.266 e. The predicted octanol–water partition coefficient (Wildman–Crippen LogP) is 4.17. The molecule has 0 aliphatic carbocycles. The van der Waals surface area contributed by atoms with Gasteiger partial charge in [-0.2, -0.15) is 0 Å². The molecule has 5 heteroatoms. The van der Waals surface area contributed by atoms with Gasteiger partial charge in [-0.25, -0.2) is 8.42 Å². The molecule has 21 heavy (non-hydrogen) atoms. The van der Waals surface area contributed by atoms with E-state index in [0.717, 1.165) is 11.1 Å². The largest absolute Gasteiger partial charge is 0.266 e. The molecule has 2 aromatic rings. The first-order valence-electron chi connectivity index (χ1n) is 6.72. The van der Waals surface area contributed by atoms with Gasteiger partial charge < -0.3 is 0 Å². The molecule has 0 aliphatic rings. The van der Waals surface area contributed by atoms with Crippen molar-refractivity contribution in [3.8, 4) is 0 Å². The molecular weight excluding hydrogens is 306 g/mol. The number of benzene rings is 2. The minimum absolute atomic E-state index is 0.296. The van der Waals surface area contributed by atoms with Crippen molar-refractivity contribution < 1.29 is 8.42 Å². The summed E-state index contributed by atoms with van der Waals surface area (Å²) < 4.78 is 27.0. The van der Waals surface area contributed by atoms with E-state index in [9.17, 15) is 8.42 Å². The molecule has 2 aromatic carbocycles. The first kappa shape index (κ1) is 15.9. The molecule has 2 rings (SSSR count). The Morgan fingerprint density at radius 2 is 1.67 bits per heavy atom. The van der Waals surface area contributed by atoms with Crippen molar-refractivity contribution in [3.63, 3.8) is 0 Å². The molecule has 0 spiro atoms. The molecule has 3 nitrogen and oxygen atoms in total. The van der Waals surface area contributed by atoms with Crippen LogP contribution in [0.25, 0.3) is 0 Å². The number of hydrogen-bond donors (Lipinski definition) is 0. The van der Waals surface area contributed by atoms with Gasteiger partial charge in [0, 0.05) is 11.6 Å². The highest BCUT2D eigenvalue weighted by Crippen LogP contribution is 2.28. The molecule has 0 radical (unpaired) electrons. The zero-order chi connectivity index (χ0) is 15.6. The Morgan fingerprint density at radius 3 is 2.19 bits per heavy atom. The number of aryl methyl sites for hydroxylation is 2. The Bertz CT molecular complexity index is 739. The highest BCUT2D eigenvalue weighted by molar-refractivity contribution is 7.92. The number of anilines is 1. The molecular formula is C16H18ClNO2S. The fraction of sp³-hybridized carbons (Fsp3) is 0.250. The fourth-order valence-corrected chi connectivity index (χ4v) is 3.97. The highest BCUT2D eigenvalue weighted by Gasteiger charge is 2.24. The Hall–Kier alpha value is -1.52. The molecule has 0 fully saturated rings. The van der Waals surface area contributed by atoms with Crippen molar-refractivity contribution in [1.82, 2.24) is 0 Å². The molecule has 0 unspecified atom stereocenters. The quantitative estimate of drug-likeness (QED) is 0.846. The summed E-state index contributed by atoms with van der Waals surface area (Å²) in [5, 5.41) is 0.597. The Kier molecular flexibility index (Phi) is 4.59. The van der Waals surface area contributed by atoms with Gasteiger partial charge in [0.15, 0.2) is 0 Å². The van der Waals surface area contributed by atoms with Crippen LogP contribution in [0.3, 0.4) is 0 Å². The average Bonchev–Trinajstić information content (AvgIpc) is 2.42. The van der Waals surface area contributed by atoms with Crippen molar-refractivity contribution in [2.45, 2.75) is 25.7 Å². The van der Waals surface area contributed by atoms with Crippen LogP contribution in [0.1, 0.15) is 18.1 Å². The molecule has 0 aromatic heterocycles. The van der Waals surface area contributed by atoms with Crippen LogP contribution in [-0.4, -0.2) is 15.0 Å². The third kappa shape index (κ3) is 3.22. The lowest BCUT2D eigenvalue weighted by atomic mass is 10.2. The summed E-state index contributed by atoms with van der Waals surface area (Å²) >= 11 is 5.95. The van der Waals surface area contributed by atoms with Gasteiger partial charge >= 0.3 is 0 Å².